The molecule has 3 heteroatoms. The molecule has 3 nitrogen and oxygen atoms in total. The molecule has 0 spiro atoms. The van der Waals surface area contributed by atoms with Gasteiger partial charge < -0.3 is 15.3 Å². The molecule has 0 aromatic carbocycles. The largest absolute Gasteiger partial charge is 0.394 e. The summed E-state index contributed by atoms with van der Waals surface area (Å²) in [6.45, 7) is 4.45. The van der Waals surface area contributed by atoms with E-state index in [0.717, 1.165) is 24.7 Å². The molecule has 4 saturated carbocycles. The highest BCUT2D eigenvalue weighted by Crippen LogP contribution is 2.68. The summed E-state index contributed by atoms with van der Waals surface area (Å²) in [6.07, 6.45) is 11.2. The van der Waals surface area contributed by atoms with E-state index >= 15 is 0 Å². The van der Waals surface area contributed by atoms with Crippen molar-refractivity contribution in [3.8, 4) is 0 Å². The van der Waals surface area contributed by atoms with E-state index in [1.807, 2.05) is 0 Å². The van der Waals surface area contributed by atoms with E-state index in [0.29, 0.717) is 23.7 Å². The zero-order chi connectivity index (χ0) is 17.2. The number of fused-ring (bicyclic) bond motifs is 5. The minimum absolute atomic E-state index is 0.228. The summed E-state index contributed by atoms with van der Waals surface area (Å²) in [6, 6.07) is 0. The van der Waals surface area contributed by atoms with Crippen molar-refractivity contribution in [2.24, 2.45) is 34.5 Å². The van der Waals surface area contributed by atoms with Crippen LogP contribution in [0.2, 0.25) is 0 Å². The first-order valence-corrected chi connectivity index (χ1v) is 10.4. The molecule has 6 unspecified atom stereocenters. The van der Waals surface area contributed by atoms with Gasteiger partial charge in [0.2, 0.25) is 0 Å². The van der Waals surface area contributed by atoms with Crippen LogP contribution in [-0.2, 0) is 0 Å². The maximum absolute atomic E-state index is 11.3. The van der Waals surface area contributed by atoms with Crippen LogP contribution in [-0.4, -0.2) is 33.6 Å². The molecular formula is C21H36O3. The first-order chi connectivity index (χ1) is 11.4. The quantitative estimate of drug-likeness (QED) is 0.723. The van der Waals surface area contributed by atoms with Crippen LogP contribution in [0.4, 0.5) is 0 Å². The van der Waals surface area contributed by atoms with E-state index in [1.54, 1.807) is 0 Å². The number of aliphatic hydroxyl groups excluding tert-OH is 2. The van der Waals surface area contributed by atoms with Crippen molar-refractivity contribution in [2.75, 3.05) is 6.61 Å². The number of hydrogen-bond donors (Lipinski definition) is 3. The Morgan fingerprint density at radius 2 is 1.67 bits per heavy atom. The van der Waals surface area contributed by atoms with E-state index < -0.39 is 11.7 Å². The van der Waals surface area contributed by atoms with Crippen LogP contribution in [0.25, 0.3) is 0 Å². The van der Waals surface area contributed by atoms with E-state index in [2.05, 4.69) is 13.8 Å². The van der Waals surface area contributed by atoms with Crippen LogP contribution in [0, 0.1) is 34.5 Å². The summed E-state index contributed by atoms with van der Waals surface area (Å²) in [4.78, 5) is 0. The molecule has 0 bridgehead atoms. The normalized spacial score (nSPS) is 55.4. The Morgan fingerprint density at radius 3 is 2.42 bits per heavy atom. The minimum atomic E-state index is -1.10. The SMILES string of the molecule is CC12CCCC[C@@H]1CCC1C2CCC2(C)C1CC[C@]2(O)C(O)CO. The fourth-order valence-electron chi connectivity index (χ4n) is 8.04. The molecule has 0 saturated heterocycles. The van der Waals surface area contributed by atoms with Crippen molar-refractivity contribution in [3.63, 3.8) is 0 Å². The average Bonchev–Trinajstić information content (AvgIpc) is 2.86. The predicted octanol–water partition coefficient (Wildman–Crippen LogP) is 3.50. The van der Waals surface area contributed by atoms with Crippen LogP contribution in [0.1, 0.15) is 78.1 Å². The fourth-order valence-corrected chi connectivity index (χ4v) is 8.04. The van der Waals surface area contributed by atoms with Crippen LogP contribution in [0.3, 0.4) is 0 Å². The van der Waals surface area contributed by atoms with Gasteiger partial charge in [-0.1, -0.05) is 26.7 Å². The molecule has 4 rings (SSSR count). The summed E-state index contributed by atoms with van der Waals surface area (Å²) in [5.41, 5.74) is -0.811. The molecular weight excluding hydrogens is 300 g/mol. The third-order valence-electron chi connectivity index (χ3n) is 9.52. The van der Waals surface area contributed by atoms with Gasteiger partial charge in [0, 0.05) is 5.41 Å². The van der Waals surface area contributed by atoms with Gasteiger partial charge in [0.05, 0.1) is 12.2 Å². The van der Waals surface area contributed by atoms with Gasteiger partial charge in [0.1, 0.15) is 6.10 Å². The molecule has 4 aliphatic rings. The van der Waals surface area contributed by atoms with Gasteiger partial charge in [0.25, 0.3) is 0 Å². The van der Waals surface area contributed by atoms with E-state index in [4.69, 9.17) is 0 Å². The van der Waals surface area contributed by atoms with Gasteiger partial charge in [-0.2, -0.15) is 0 Å². The lowest BCUT2D eigenvalue weighted by Gasteiger charge is -2.61. The Kier molecular flexibility index (Phi) is 4.10. The smallest absolute Gasteiger partial charge is 0.106 e. The summed E-state index contributed by atoms with van der Waals surface area (Å²) in [5, 5.41) is 31.1. The molecule has 138 valence electrons. The van der Waals surface area contributed by atoms with Crippen molar-refractivity contribution in [3.05, 3.63) is 0 Å². The maximum atomic E-state index is 11.3. The molecule has 3 N–H and O–H groups in total. The maximum Gasteiger partial charge on any atom is 0.106 e. The molecule has 0 aromatic heterocycles. The minimum Gasteiger partial charge on any atom is -0.394 e. The molecule has 0 aromatic rings. The lowest BCUT2D eigenvalue weighted by Crippen LogP contribution is -2.60. The second-order valence-electron chi connectivity index (χ2n) is 10.0. The van der Waals surface area contributed by atoms with E-state index in [1.165, 1.54) is 44.9 Å². The Balaban J connectivity index is 1.64. The van der Waals surface area contributed by atoms with Gasteiger partial charge in [-0.25, -0.2) is 0 Å². The zero-order valence-corrected chi connectivity index (χ0v) is 15.5. The third kappa shape index (κ3) is 2.07. The Labute approximate surface area is 146 Å². The lowest BCUT2D eigenvalue weighted by atomic mass is 9.44. The summed E-state index contributed by atoms with van der Waals surface area (Å²) >= 11 is 0. The molecule has 0 aliphatic heterocycles. The van der Waals surface area contributed by atoms with Crippen molar-refractivity contribution >= 4 is 0 Å². The number of rotatable bonds is 2. The van der Waals surface area contributed by atoms with Gasteiger partial charge in [-0.05, 0) is 80.5 Å². The molecule has 8 atom stereocenters. The van der Waals surface area contributed by atoms with Crippen molar-refractivity contribution < 1.29 is 15.3 Å². The molecule has 0 heterocycles. The Morgan fingerprint density at radius 1 is 0.917 bits per heavy atom. The monoisotopic (exact) mass is 336 g/mol. The van der Waals surface area contributed by atoms with E-state index in [9.17, 15) is 15.3 Å². The topological polar surface area (TPSA) is 60.7 Å². The van der Waals surface area contributed by atoms with Crippen LogP contribution < -0.4 is 0 Å². The molecule has 0 radical (unpaired) electrons. The van der Waals surface area contributed by atoms with Crippen molar-refractivity contribution in [1.82, 2.24) is 0 Å². The molecule has 0 amide bonds. The summed E-state index contributed by atoms with van der Waals surface area (Å²) in [5.74, 6) is 2.95. The van der Waals surface area contributed by atoms with Crippen molar-refractivity contribution in [2.45, 2.75) is 89.8 Å². The average molecular weight is 337 g/mol. The summed E-state index contributed by atoms with van der Waals surface area (Å²) in [7, 11) is 0. The number of aliphatic hydroxyl groups is 3. The van der Waals surface area contributed by atoms with Gasteiger partial charge in [0.15, 0.2) is 0 Å². The molecule has 24 heavy (non-hydrogen) atoms. The lowest BCUT2D eigenvalue weighted by molar-refractivity contribution is -0.193. The van der Waals surface area contributed by atoms with Gasteiger partial charge in [-0.15, -0.1) is 0 Å². The van der Waals surface area contributed by atoms with E-state index in [-0.39, 0.29) is 12.0 Å². The predicted molar refractivity (Wildman–Crippen MR) is 94.4 cm³/mol. The summed E-state index contributed by atoms with van der Waals surface area (Å²) < 4.78 is 0. The first kappa shape index (κ1) is 17.3. The highest BCUT2D eigenvalue weighted by atomic mass is 16.4. The second kappa shape index (κ2) is 5.69. The van der Waals surface area contributed by atoms with Crippen LogP contribution in [0.15, 0.2) is 0 Å². The highest BCUT2D eigenvalue weighted by molar-refractivity contribution is 5.15. The van der Waals surface area contributed by atoms with Crippen LogP contribution >= 0.6 is 0 Å². The Hall–Kier alpha value is -0.120. The molecule has 4 fully saturated rings. The van der Waals surface area contributed by atoms with Gasteiger partial charge >= 0.3 is 0 Å². The first-order valence-electron chi connectivity index (χ1n) is 10.4. The molecule has 4 aliphatic carbocycles. The number of hydrogen-bond acceptors (Lipinski definition) is 3. The van der Waals surface area contributed by atoms with Gasteiger partial charge in [-0.3, -0.25) is 0 Å². The second-order valence-corrected chi connectivity index (χ2v) is 10.0. The Bertz CT molecular complexity index is 493. The highest BCUT2D eigenvalue weighted by Gasteiger charge is 2.65. The standard InChI is InChI=1S/C21H36O3/c1-19-10-4-3-5-14(19)6-7-15-16(19)8-11-20(2)17(15)9-12-21(20,24)18(23)13-22/h14-18,22-24H,3-13H2,1-2H3/t14-,15?,16?,17?,18?,19?,20?,21+/m1/s1. The van der Waals surface area contributed by atoms with Crippen LogP contribution in [0.5, 0.6) is 0 Å². The van der Waals surface area contributed by atoms with Crippen molar-refractivity contribution in [1.29, 1.82) is 0 Å². The fraction of sp³-hybridized carbons (Fsp3) is 1.00. The third-order valence-corrected chi connectivity index (χ3v) is 9.52. The zero-order valence-electron chi connectivity index (χ0n) is 15.5.